The van der Waals surface area contributed by atoms with E-state index < -0.39 is 17.3 Å². The predicted molar refractivity (Wildman–Crippen MR) is 77.7 cm³/mol. The predicted octanol–water partition coefficient (Wildman–Crippen LogP) is 3.19. The number of benzene rings is 1. The molecule has 1 aliphatic carbocycles. The minimum Gasteiger partial charge on any atom is -0.493 e. The van der Waals surface area contributed by atoms with Gasteiger partial charge in [0.2, 0.25) is 5.88 Å². The van der Waals surface area contributed by atoms with Crippen LogP contribution in [0.4, 0.5) is 4.39 Å². The van der Waals surface area contributed by atoms with Gasteiger partial charge in [-0.3, -0.25) is 4.79 Å². The third kappa shape index (κ3) is 2.55. The van der Waals surface area contributed by atoms with E-state index in [-0.39, 0.29) is 17.0 Å². The number of hydrogen-bond donors (Lipinski definition) is 2. The summed E-state index contributed by atoms with van der Waals surface area (Å²) in [6.07, 6.45) is 2.98. The van der Waals surface area contributed by atoms with Gasteiger partial charge in [-0.25, -0.2) is 4.39 Å². The second kappa shape index (κ2) is 5.31. The molecule has 0 bridgehead atoms. The molecular weight excluding hydrogens is 271 g/mol. The first kappa shape index (κ1) is 13.8. The molecule has 2 unspecified atom stereocenters. The third-order valence-electron chi connectivity index (χ3n) is 4.14. The number of H-pyrrole nitrogens is 1. The minimum atomic E-state index is -0.553. The molecule has 2 N–H and O–H groups in total. The summed E-state index contributed by atoms with van der Waals surface area (Å²) in [4.78, 5) is 19.0. The van der Waals surface area contributed by atoms with Gasteiger partial charge in [-0.2, -0.15) is 4.98 Å². The Kier molecular flexibility index (Phi) is 3.49. The van der Waals surface area contributed by atoms with Crippen molar-refractivity contribution in [1.29, 1.82) is 0 Å². The normalized spacial score (nSPS) is 21.6. The molecule has 3 rings (SSSR count). The van der Waals surface area contributed by atoms with Crippen LogP contribution in [0.3, 0.4) is 0 Å². The van der Waals surface area contributed by atoms with Crippen LogP contribution in [0, 0.1) is 11.7 Å². The van der Waals surface area contributed by atoms with E-state index in [1.165, 1.54) is 18.2 Å². The van der Waals surface area contributed by atoms with Gasteiger partial charge in [0.15, 0.2) is 0 Å². The summed E-state index contributed by atoms with van der Waals surface area (Å²) in [6.45, 7) is 2.16. The molecule has 0 radical (unpaired) electrons. The fraction of sp³-hybridized carbons (Fsp3) is 0.375. The van der Waals surface area contributed by atoms with E-state index in [0.717, 1.165) is 19.3 Å². The first-order chi connectivity index (χ1) is 10.1. The zero-order valence-electron chi connectivity index (χ0n) is 11.8. The van der Waals surface area contributed by atoms with Gasteiger partial charge in [0.05, 0.1) is 0 Å². The molecule has 110 valence electrons. The van der Waals surface area contributed by atoms with Crippen molar-refractivity contribution in [3.63, 3.8) is 0 Å². The Labute approximate surface area is 121 Å². The number of hydrogen-bond acceptors (Lipinski definition) is 3. The van der Waals surface area contributed by atoms with Gasteiger partial charge in [-0.05, 0) is 31.2 Å². The van der Waals surface area contributed by atoms with Crippen LogP contribution in [0.25, 0.3) is 11.1 Å². The molecule has 1 aromatic carbocycles. The molecule has 0 saturated heterocycles. The highest BCUT2D eigenvalue weighted by Gasteiger charge is 2.26. The smallest absolute Gasteiger partial charge is 0.262 e. The van der Waals surface area contributed by atoms with Gasteiger partial charge < -0.3 is 10.1 Å². The molecule has 0 spiro atoms. The quantitative estimate of drug-likeness (QED) is 0.892. The van der Waals surface area contributed by atoms with E-state index >= 15 is 0 Å². The van der Waals surface area contributed by atoms with Crippen molar-refractivity contribution in [2.45, 2.75) is 32.1 Å². The molecule has 4 nitrogen and oxygen atoms in total. The zero-order valence-corrected chi connectivity index (χ0v) is 11.8. The van der Waals surface area contributed by atoms with Crippen molar-refractivity contribution < 1.29 is 9.50 Å². The first-order valence-corrected chi connectivity index (χ1v) is 7.14. The summed E-state index contributed by atoms with van der Waals surface area (Å²) in [5, 5.41) is 10.1. The van der Waals surface area contributed by atoms with E-state index in [0.29, 0.717) is 11.7 Å². The Morgan fingerprint density at radius 1 is 1.33 bits per heavy atom. The molecule has 2 aromatic rings. The van der Waals surface area contributed by atoms with E-state index in [4.69, 9.17) is 0 Å². The van der Waals surface area contributed by atoms with Gasteiger partial charge in [0.1, 0.15) is 17.2 Å². The van der Waals surface area contributed by atoms with E-state index in [9.17, 15) is 14.3 Å². The van der Waals surface area contributed by atoms with Crippen molar-refractivity contribution in [1.82, 2.24) is 9.97 Å². The highest BCUT2D eigenvalue weighted by molar-refractivity contribution is 5.67. The average molecular weight is 288 g/mol. The Morgan fingerprint density at radius 2 is 2.10 bits per heavy atom. The maximum atomic E-state index is 13.8. The average Bonchev–Trinajstić information content (AvgIpc) is 2.87. The van der Waals surface area contributed by atoms with Crippen LogP contribution in [0.1, 0.15) is 37.9 Å². The third-order valence-corrected chi connectivity index (χ3v) is 4.14. The number of aromatic hydroxyl groups is 1. The Hall–Kier alpha value is -2.17. The van der Waals surface area contributed by atoms with Crippen LogP contribution in [0.15, 0.2) is 29.1 Å². The molecule has 21 heavy (non-hydrogen) atoms. The SMILES string of the molecule is CC1CCC(c2nc(O)c(-c3ccccc3F)c(=O)[nH]2)C1. The molecule has 1 saturated carbocycles. The summed E-state index contributed by atoms with van der Waals surface area (Å²) in [7, 11) is 0. The first-order valence-electron chi connectivity index (χ1n) is 7.14. The van der Waals surface area contributed by atoms with Crippen molar-refractivity contribution in [2.24, 2.45) is 5.92 Å². The lowest BCUT2D eigenvalue weighted by atomic mass is 10.0. The number of nitrogens with one attached hydrogen (secondary N) is 1. The monoisotopic (exact) mass is 288 g/mol. The maximum Gasteiger partial charge on any atom is 0.262 e. The largest absolute Gasteiger partial charge is 0.493 e. The van der Waals surface area contributed by atoms with Crippen molar-refractivity contribution in [3.8, 4) is 17.0 Å². The molecule has 1 heterocycles. The van der Waals surface area contributed by atoms with Crippen LogP contribution in [0.2, 0.25) is 0 Å². The topological polar surface area (TPSA) is 66.0 Å². The lowest BCUT2D eigenvalue weighted by Crippen LogP contribution is -2.16. The Bertz CT molecular complexity index is 726. The number of halogens is 1. The molecule has 0 amide bonds. The summed E-state index contributed by atoms with van der Waals surface area (Å²) < 4.78 is 13.8. The van der Waals surface area contributed by atoms with Crippen molar-refractivity contribution in [3.05, 3.63) is 46.3 Å². The van der Waals surface area contributed by atoms with Crippen molar-refractivity contribution in [2.75, 3.05) is 0 Å². The molecule has 5 heteroatoms. The number of rotatable bonds is 2. The number of aromatic amines is 1. The fourth-order valence-electron chi connectivity index (χ4n) is 3.03. The van der Waals surface area contributed by atoms with Crippen LogP contribution in [-0.2, 0) is 0 Å². The minimum absolute atomic E-state index is 0.0649. The lowest BCUT2D eigenvalue weighted by Gasteiger charge is -2.11. The lowest BCUT2D eigenvalue weighted by molar-refractivity contribution is 0.445. The van der Waals surface area contributed by atoms with Gasteiger partial charge in [0.25, 0.3) is 5.56 Å². The summed E-state index contributed by atoms with van der Waals surface area (Å²) in [5.74, 6) is 0.296. The second-order valence-corrected chi connectivity index (χ2v) is 5.74. The molecular formula is C16H17FN2O2. The summed E-state index contributed by atoms with van der Waals surface area (Å²) in [5.41, 5.74) is -0.542. The summed E-state index contributed by atoms with van der Waals surface area (Å²) in [6, 6.07) is 5.86. The molecule has 0 aliphatic heterocycles. The summed E-state index contributed by atoms with van der Waals surface area (Å²) >= 11 is 0. The van der Waals surface area contributed by atoms with Crippen molar-refractivity contribution >= 4 is 0 Å². The fourth-order valence-corrected chi connectivity index (χ4v) is 3.03. The van der Waals surface area contributed by atoms with Gasteiger partial charge in [-0.15, -0.1) is 0 Å². The van der Waals surface area contributed by atoms with E-state index in [1.54, 1.807) is 6.07 Å². The number of aromatic nitrogens is 2. The van der Waals surface area contributed by atoms with Crippen LogP contribution in [-0.4, -0.2) is 15.1 Å². The van der Waals surface area contributed by atoms with Gasteiger partial charge in [-0.1, -0.05) is 25.1 Å². The Balaban J connectivity index is 2.05. The Morgan fingerprint density at radius 3 is 2.71 bits per heavy atom. The molecule has 1 aromatic heterocycles. The molecule has 2 atom stereocenters. The maximum absolute atomic E-state index is 13.8. The number of nitrogens with zero attached hydrogens (tertiary/aromatic N) is 1. The molecule has 1 fully saturated rings. The van der Waals surface area contributed by atoms with Crippen LogP contribution in [0.5, 0.6) is 5.88 Å². The second-order valence-electron chi connectivity index (χ2n) is 5.74. The van der Waals surface area contributed by atoms with Gasteiger partial charge in [0, 0.05) is 11.5 Å². The molecule has 1 aliphatic rings. The highest BCUT2D eigenvalue weighted by Crippen LogP contribution is 2.37. The van der Waals surface area contributed by atoms with Crippen LogP contribution < -0.4 is 5.56 Å². The van der Waals surface area contributed by atoms with E-state index in [1.807, 2.05) is 0 Å². The standard InChI is InChI=1S/C16H17FN2O2/c1-9-6-7-10(8-9)14-18-15(20)13(16(21)19-14)11-4-2-3-5-12(11)17/h2-5,9-10H,6-8H2,1H3,(H2,18,19,20,21). The zero-order chi connectivity index (χ0) is 15.0. The van der Waals surface area contributed by atoms with Gasteiger partial charge >= 0.3 is 0 Å². The van der Waals surface area contributed by atoms with Crippen LogP contribution >= 0.6 is 0 Å². The highest BCUT2D eigenvalue weighted by atomic mass is 19.1. The van der Waals surface area contributed by atoms with E-state index in [2.05, 4.69) is 16.9 Å².